The van der Waals surface area contributed by atoms with Crippen LogP contribution in [-0.4, -0.2) is 0 Å². The monoisotopic (exact) mass is 506 g/mol. The molecule has 0 saturated carbocycles. The summed E-state index contributed by atoms with van der Waals surface area (Å²) in [7, 11) is 0. The summed E-state index contributed by atoms with van der Waals surface area (Å²) < 4.78 is 11.4. The van der Waals surface area contributed by atoms with E-state index < -0.39 is 0 Å². The molecular weight excluding hydrogens is 484 g/mol. The van der Waals surface area contributed by atoms with E-state index in [0.29, 0.717) is 22.3 Å². The van der Waals surface area contributed by atoms with Gasteiger partial charge in [-0.25, -0.2) is 9.59 Å². The summed E-state index contributed by atoms with van der Waals surface area (Å²) in [6.07, 6.45) is 0. The minimum Gasteiger partial charge on any atom is -0.422 e. The summed E-state index contributed by atoms with van der Waals surface area (Å²) in [5.74, 6) is 0. The number of fused-ring (bicyclic) bond motifs is 4. The molecule has 0 radical (unpaired) electrons. The fourth-order valence-electron chi connectivity index (χ4n) is 5.15. The van der Waals surface area contributed by atoms with Gasteiger partial charge in [-0.15, -0.1) is 0 Å². The fourth-order valence-corrected chi connectivity index (χ4v) is 5.15. The van der Waals surface area contributed by atoms with Gasteiger partial charge in [0.1, 0.15) is 11.2 Å². The third-order valence-electron chi connectivity index (χ3n) is 7.24. The zero-order chi connectivity index (χ0) is 26.5. The van der Waals surface area contributed by atoms with Crippen molar-refractivity contribution in [1.29, 1.82) is 0 Å². The Balaban J connectivity index is 1.20. The Morgan fingerprint density at radius 3 is 1.72 bits per heavy atom. The molecule has 186 valence electrons. The fraction of sp³-hybridized carbons (Fsp3) is 0.0286. The van der Waals surface area contributed by atoms with Crippen LogP contribution in [0, 0.1) is 6.92 Å². The topological polar surface area (TPSA) is 60.4 Å². The van der Waals surface area contributed by atoms with E-state index in [1.807, 2.05) is 122 Å². The summed E-state index contributed by atoms with van der Waals surface area (Å²) >= 11 is 0. The first-order valence-corrected chi connectivity index (χ1v) is 12.7. The van der Waals surface area contributed by atoms with Crippen molar-refractivity contribution < 1.29 is 8.83 Å². The Morgan fingerprint density at radius 1 is 0.487 bits per heavy atom. The van der Waals surface area contributed by atoms with Crippen LogP contribution in [0.3, 0.4) is 0 Å². The minimum atomic E-state index is -0.361. The van der Waals surface area contributed by atoms with Crippen molar-refractivity contribution in [2.45, 2.75) is 6.92 Å². The van der Waals surface area contributed by atoms with Crippen molar-refractivity contribution in [3.63, 3.8) is 0 Å². The molecule has 0 spiro atoms. The predicted molar refractivity (Wildman–Crippen MR) is 157 cm³/mol. The second kappa shape index (κ2) is 8.96. The van der Waals surface area contributed by atoms with Crippen LogP contribution in [0.25, 0.3) is 66.1 Å². The molecule has 0 aliphatic heterocycles. The van der Waals surface area contributed by atoms with Gasteiger partial charge in [-0.1, -0.05) is 97.1 Å². The maximum absolute atomic E-state index is 12.9. The van der Waals surface area contributed by atoms with Crippen LogP contribution >= 0.6 is 0 Å². The van der Waals surface area contributed by atoms with Crippen molar-refractivity contribution in [1.82, 2.24) is 0 Å². The Labute approximate surface area is 223 Å². The van der Waals surface area contributed by atoms with Crippen LogP contribution in [0.4, 0.5) is 0 Å². The molecule has 0 aliphatic rings. The lowest BCUT2D eigenvalue weighted by atomic mass is 9.98. The van der Waals surface area contributed by atoms with Gasteiger partial charge < -0.3 is 8.83 Å². The standard InChI is InChI=1S/C35H22O4/c1-21-6-7-27-19-30(34(36)38-32(27)18-21)25-12-8-22(9-13-25)23-10-14-26(15-11-23)31-20-28-17-16-24-4-2-3-5-29(24)33(28)39-35(31)37/h2-20H,1H3. The van der Waals surface area contributed by atoms with Crippen LogP contribution in [0.15, 0.2) is 134 Å². The molecule has 0 amide bonds. The van der Waals surface area contributed by atoms with Crippen LogP contribution in [-0.2, 0) is 0 Å². The van der Waals surface area contributed by atoms with Gasteiger partial charge in [0.05, 0.1) is 11.1 Å². The Bertz CT molecular complexity index is 2150. The molecule has 2 aromatic heterocycles. The van der Waals surface area contributed by atoms with Gasteiger partial charge in [0.2, 0.25) is 0 Å². The minimum absolute atomic E-state index is 0.354. The number of hydrogen-bond donors (Lipinski definition) is 0. The Hall–Kier alpha value is -5.22. The molecule has 4 heteroatoms. The van der Waals surface area contributed by atoms with Gasteiger partial charge in [0, 0.05) is 16.2 Å². The van der Waals surface area contributed by atoms with Gasteiger partial charge in [-0.05, 0) is 58.3 Å². The lowest BCUT2D eigenvalue weighted by Crippen LogP contribution is -2.03. The normalized spacial score (nSPS) is 11.4. The van der Waals surface area contributed by atoms with E-state index >= 15 is 0 Å². The summed E-state index contributed by atoms with van der Waals surface area (Å²) in [6.45, 7) is 1.97. The van der Waals surface area contributed by atoms with E-state index in [2.05, 4.69) is 0 Å². The highest BCUT2D eigenvalue weighted by atomic mass is 16.4. The predicted octanol–water partition coefficient (Wildman–Crippen LogP) is 8.36. The van der Waals surface area contributed by atoms with Crippen molar-refractivity contribution >= 4 is 32.7 Å². The van der Waals surface area contributed by atoms with Crippen LogP contribution < -0.4 is 11.3 Å². The zero-order valence-corrected chi connectivity index (χ0v) is 21.1. The first-order valence-electron chi connectivity index (χ1n) is 12.7. The molecule has 0 atom stereocenters. The second-order valence-electron chi connectivity index (χ2n) is 9.80. The second-order valence-corrected chi connectivity index (χ2v) is 9.80. The average molecular weight is 507 g/mol. The molecule has 5 aromatic carbocycles. The average Bonchev–Trinajstić information content (AvgIpc) is 2.97. The van der Waals surface area contributed by atoms with Crippen molar-refractivity contribution in [3.8, 4) is 33.4 Å². The van der Waals surface area contributed by atoms with Gasteiger partial charge in [0.25, 0.3) is 0 Å². The number of benzene rings is 5. The molecule has 7 aromatic rings. The summed E-state index contributed by atoms with van der Waals surface area (Å²) in [5.41, 5.74) is 6.18. The molecule has 0 unspecified atom stereocenters. The van der Waals surface area contributed by atoms with E-state index in [9.17, 15) is 9.59 Å². The van der Waals surface area contributed by atoms with Crippen molar-refractivity contribution in [3.05, 3.63) is 142 Å². The number of hydrogen-bond acceptors (Lipinski definition) is 4. The van der Waals surface area contributed by atoms with Gasteiger partial charge >= 0.3 is 11.3 Å². The van der Waals surface area contributed by atoms with E-state index in [1.165, 1.54) is 0 Å². The van der Waals surface area contributed by atoms with E-state index in [1.54, 1.807) is 0 Å². The molecule has 39 heavy (non-hydrogen) atoms. The van der Waals surface area contributed by atoms with Crippen molar-refractivity contribution in [2.24, 2.45) is 0 Å². The molecule has 2 heterocycles. The van der Waals surface area contributed by atoms with Crippen LogP contribution in [0.1, 0.15) is 5.56 Å². The van der Waals surface area contributed by atoms with E-state index in [0.717, 1.165) is 49.4 Å². The molecule has 0 aliphatic carbocycles. The SMILES string of the molecule is Cc1ccc2cc(-c3ccc(-c4ccc(-c5cc6ccc7ccccc7c6oc5=O)cc4)cc3)c(=O)oc2c1. The molecular formula is C35H22O4. The van der Waals surface area contributed by atoms with Crippen molar-refractivity contribution in [2.75, 3.05) is 0 Å². The van der Waals surface area contributed by atoms with Crippen LogP contribution in [0.2, 0.25) is 0 Å². The molecule has 0 bridgehead atoms. The lowest BCUT2D eigenvalue weighted by Gasteiger charge is -2.08. The first-order chi connectivity index (χ1) is 19.0. The lowest BCUT2D eigenvalue weighted by molar-refractivity contribution is 0.563. The maximum atomic E-state index is 12.9. The Kier molecular flexibility index (Phi) is 5.27. The molecule has 0 fully saturated rings. The largest absolute Gasteiger partial charge is 0.422 e. The zero-order valence-electron chi connectivity index (χ0n) is 21.1. The van der Waals surface area contributed by atoms with E-state index in [4.69, 9.17) is 8.83 Å². The Morgan fingerprint density at radius 2 is 1.03 bits per heavy atom. The molecule has 0 saturated heterocycles. The highest BCUT2D eigenvalue weighted by Crippen LogP contribution is 2.30. The summed E-state index contributed by atoms with van der Waals surface area (Å²) in [6, 6.07) is 37.2. The van der Waals surface area contributed by atoms with Gasteiger partial charge in [-0.2, -0.15) is 0 Å². The van der Waals surface area contributed by atoms with Gasteiger partial charge in [-0.3, -0.25) is 0 Å². The molecule has 0 N–H and O–H groups in total. The first kappa shape index (κ1) is 22.9. The number of aryl methyl sites for hydroxylation is 1. The third kappa shape index (κ3) is 4.03. The summed E-state index contributed by atoms with van der Waals surface area (Å²) in [4.78, 5) is 25.6. The number of rotatable bonds is 3. The smallest absolute Gasteiger partial charge is 0.344 e. The van der Waals surface area contributed by atoms with E-state index in [-0.39, 0.29) is 11.3 Å². The third-order valence-corrected chi connectivity index (χ3v) is 7.24. The quantitative estimate of drug-likeness (QED) is 0.178. The highest BCUT2D eigenvalue weighted by molar-refractivity contribution is 6.04. The summed E-state index contributed by atoms with van der Waals surface area (Å²) in [5, 5.41) is 3.74. The molecule has 7 rings (SSSR count). The van der Waals surface area contributed by atoms with Crippen LogP contribution in [0.5, 0.6) is 0 Å². The van der Waals surface area contributed by atoms with Gasteiger partial charge in [0.15, 0.2) is 0 Å². The highest BCUT2D eigenvalue weighted by Gasteiger charge is 2.12. The molecule has 4 nitrogen and oxygen atoms in total. The maximum Gasteiger partial charge on any atom is 0.344 e.